The average molecular weight is 446 g/mol. The lowest BCUT2D eigenvalue weighted by Crippen LogP contribution is -2.56. The lowest BCUT2D eigenvalue weighted by atomic mass is 10.0. The van der Waals surface area contributed by atoms with Crippen molar-refractivity contribution in [2.24, 2.45) is 28.1 Å². The Bertz CT molecular complexity index is 649. The normalized spacial score (nSPS) is 14.6. The molecule has 0 aromatic heterocycles. The number of hydrogen-bond acceptors (Lipinski definition) is 7. The lowest BCUT2D eigenvalue weighted by molar-refractivity contribution is -0.145. The Labute approximate surface area is 181 Å². The Morgan fingerprint density at radius 1 is 1.03 bits per heavy atom. The van der Waals surface area contributed by atoms with Crippen molar-refractivity contribution in [3.05, 3.63) is 0 Å². The molecule has 0 aromatic rings. The number of carbonyl (C=O) groups is 4. The third-order valence-corrected chi connectivity index (χ3v) is 4.13. The third kappa shape index (κ3) is 12.4. The molecule has 178 valence electrons. The smallest absolute Gasteiger partial charge is 0.328 e. The second-order valence-electron chi connectivity index (χ2n) is 7.59. The Kier molecular flexibility index (Phi) is 12.8. The molecule has 3 amide bonds. The molecule has 11 N–H and O–H groups in total. The Morgan fingerprint density at radius 3 is 2.13 bits per heavy atom. The highest BCUT2D eigenvalue weighted by molar-refractivity contribution is 5.92. The largest absolute Gasteiger partial charge is 0.480 e. The van der Waals surface area contributed by atoms with Crippen LogP contribution in [0.1, 0.15) is 40.0 Å². The molecule has 4 atom stereocenters. The van der Waals surface area contributed by atoms with Gasteiger partial charge < -0.3 is 43.4 Å². The molecule has 13 nitrogen and oxygen atoms in total. The zero-order valence-corrected chi connectivity index (χ0v) is 18.1. The molecule has 0 rings (SSSR count). The summed E-state index contributed by atoms with van der Waals surface area (Å²) in [6.07, 6.45) is -0.532. The monoisotopic (exact) mass is 445 g/mol. The van der Waals surface area contributed by atoms with Gasteiger partial charge in [0.05, 0.1) is 18.7 Å². The first-order valence-electron chi connectivity index (χ1n) is 9.94. The van der Waals surface area contributed by atoms with E-state index in [9.17, 15) is 24.3 Å². The number of aliphatic hydroxyl groups excluding tert-OH is 1. The quantitative estimate of drug-likeness (QED) is 0.0769. The predicted molar refractivity (Wildman–Crippen MR) is 114 cm³/mol. The molecule has 0 bridgehead atoms. The molecule has 13 heteroatoms. The number of hydrogen-bond donors (Lipinski definition) is 8. The van der Waals surface area contributed by atoms with Gasteiger partial charge in [0.25, 0.3) is 0 Å². The highest BCUT2D eigenvalue weighted by atomic mass is 16.4. The van der Waals surface area contributed by atoms with Crippen LogP contribution in [0.4, 0.5) is 0 Å². The van der Waals surface area contributed by atoms with Gasteiger partial charge in [0.1, 0.15) is 6.04 Å². The minimum Gasteiger partial charge on any atom is -0.480 e. The van der Waals surface area contributed by atoms with Gasteiger partial charge in [-0.1, -0.05) is 13.8 Å². The molecule has 0 saturated heterocycles. The molecule has 31 heavy (non-hydrogen) atoms. The van der Waals surface area contributed by atoms with Gasteiger partial charge in [-0.3, -0.25) is 19.4 Å². The topological polar surface area (TPSA) is 235 Å². The molecular formula is C18H35N7O6. The van der Waals surface area contributed by atoms with Gasteiger partial charge in [-0.2, -0.15) is 0 Å². The molecule has 0 aromatic carbocycles. The number of aliphatic carboxylic acids is 1. The van der Waals surface area contributed by atoms with Gasteiger partial charge in [-0.05, 0) is 32.1 Å². The van der Waals surface area contributed by atoms with Crippen LogP contribution in [0.2, 0.25) is 0 Å². The number of guanidine groups is 1. The molecule has 0 saturated carbocycles. The van der Waals surface area contributed by atoms with E-state index in [1.54, 1.807) is 0 Å². The van der Waals surface area contributed by atoms with Crippen LogP contribution < -0.4 is 33.2 Å². The van der Waals surface area contributed by atoms with Crippen LogP contribution in [0.15, 0.2) is 4.99 Å². The number of amides is 3. The summed E-state index contributed by atoms with van der Waals surface area (Å²) in [6.45, 7) is 4.79. The van der Waals surface area contributed by atoms with Gasteiger partial charge >= 0.3 is 5.97 Å². The second-order valence-corrected chi connectivity index (χ2v) is 7.59. The minimum absolute atomic E-state index is 0.0846. The Morgan fingerprint density at radius 2 is 1.65 bits per heavy atom. The van der Waals surface area contributed by atoms with Crippen LogP contribution in [0, 0.1) is 5.92 Å². The van der Waals surface area contributed by atoms with E-state index in [-0.39, 0.29) is 24.8 Å². The fourth-order valence-corrected chi connectivity index (χ4v) is 2.57. The van der Waals surface area contributed by atoms with Crippen LogP contribution in [0.25, 0.3) is 0 Å². The van der Waals surface area contributed by atoms with E-state index in [1.807, 2.05) is 13.8 Å². The van der Waals surface area contributed by atoms with Crippen molar-refractivity contribution in [2.75, 3.05) is 13.1 Å². The summed E-state index contributed by atoms with van der Waals surface area (Å²) in [6, 6.07) is -3.46. The SMILES string of the molecule is CC(C)CC(N)C(=O)NCC(=O)NC(CCCN=C(N)N)C(=O)NC(C(=O)O)C(C)O. The molecule has 0 aliphatic rings. The van der Waals surface area contributed by atoms with Crippen LogP contribution in [0.5, 0.6) is 0 Å². The van der Waals surface area contributed by atoms with E-state index >= 15 is 0 Å². The number of aliphatic hydroxyl groups is 1. The Hall–Kier alpha value is -2.93. The number of aliphatic imine (C=N–C) groups is 1. The summed E-state index contributed by atoms with van der Waals surface area (Å²) in [5.41, 5.74) is 16.2. The van der Waals surface area contributed by atoms with Gasteiger partial charge in [0, 0.05) is 6.54 Å². The van der Waals surface area contributed by atoms with Crippen LogP contribution in [-0.2, 0) is 19.2 Å². The number of carbonyl (C=O) groups excluding carboxylic acids is 3. The van der Waals surface area contributed by atoms with Gasteiger partial charge in [0.2, 0.25) is 17.7 Å². The van der Waals surface area contributed by atoms with Crippen molar-refractivity contribution in [1.82, 2.24) is 16.0 Å². The summed E-state index contributed by atoms with van der Waals surface area (Å²) in [5.74, 6) is -3.35. The molecule has 4 unspecified atom stereocenters. The van der Waals surface area contributed by atoms with E-state index in [4.69, 9.17) is 22.3 Å². The van der Waals surface area contributed by atoms with Crippen LogP contribution >= 0.6 is 0 Å². The van der Waals surface area contributed by atoms with Crippen LogP contribution in [0.3, 0.4) is 0 Å². The van der Waals surface area contributed by atoms with E-state index in [2.05, 4.69) is 20.9 Å². The van der Waals surface area contributed by atoms with E-state index in [0.717, 1.165) is 0 Å². The predicted octanol–water partition coefficient (Wildman–Crippen LogP) is -3.04. The van der Waals surface area contributed by atoms with E-state index in [0.29, 0.717) is 12.8 Å². The zero-order chi connectivity index (χ0) is 24.1. The maximum absolute atomic E-state index is 12.5. The standard InChI is InChI=1S/C18H35N7O6/c1-9(2)7-11(19)15(28)23-8-13(27)24-12(5-4-6-22-18(20)21)16(29)25-14(10(3)26)17(30)31/h9-12,14,26H,4-8,19H2,1-3H3,(H,23,28)(H,24,27)(H,25,29)(H,30,31)(H4,20,21,22). The summed E-state index contributed by atoms with van der Waals surface area (Å²) < 4.78 is 0. The number of nitrogens with two attached hydrogens (primary N) is 3. The Balaban J connectivity index is 5.01. The maximum Gasteiger partial charge on any atom is 0.328 e. The van der Waals surface area contributed by atoms with Crippen molar-refractivity contribution in [3.8, 4) is 0 Å². The van der Waals surface area contributed by atoms with Gasteiger partial charge in [-0.25, -0.2) is 4.79 Å². The number of rotatable bonds is 14. The molecule has 0 heterocycles. The first-order valence-corrected chi connectivity index (χ1v) is 9.94. The average Bonchev–Trinajstić information content (AvgIpc) is 2.64. The van der Waals surface area contributed by atoms with Gasteiger partial charge in [0.15, 0.2) is 12.0 Å². The number of nitrogens with zero attached hydrogens (tertiary/aromatic N) is 1. The highest BCUT2D eigenvalue weighted by Crippen LogP contribution is 2.03. The van der Waals surface area contributed by atoms with E-state index < -0.39 is 54.5 Å². The fourth-order valence-electron chi connectivity index (χ4n) is 2.57. The number of carboxylic acid groups (broad SMARTS) is 1. The number of carboxylic acids is 1. The molecule has 0 aliphatic heterocycles. The summed E-state index contributed by atoms with van der Waals surface area (Å²) in [7, 11) is 0. The van der Waals surface area contributed by atoms with Crippen molar-refractivity contribution in [3.63, 3.8) is 0 Å². The highest BCUT2D eigenvalue weighted by Gasteiger charge is 2.29. The molecule has 0 aliphatic carbocycles. The fraction of sp³-hybridized carbons (Fsp3) is 0.722. The summed E-state index contributed by atoms with van der Waals surface area (Å²) in [4.78, 5) is 51.7. The second kappa shape index (κ2) is 14.1. The number of nitrogens with one attached hydrogen (secondary N) is 3. The summed E-state index contributed by atoms with van der Waals surface area (Å²) in [5, 5.41) is 25.7. The van der Waals surface area contributed by atoms with Gasteiger partial charge in [-0.15, -0.1) is 0 Å². The first-order chi connectivity index (χ1) is 14.3. The van der Waals surface area contributed by atoms with Crippen molar-refractivity contribution < 1.29 is 29.4 Å². The lowest BCUT2D eigenvalue weighted by Gasteiger charge is -2.23. The minimum atomic E-state index is -1.56. The first kappa shape index (κ1) is 28.1. The summed E-state index contributed by atoms with van der Waals surface area (Å²) >= 11 is 0. The van der Waals surface area contributed by atoms with Crippen molar-refractivity contribution in [2.45, 2.75) is 64.3 Å². The van der Waals surface area contributed by atoms with Crippen LogP contribution in [-0.4, -0.2) is 77.2 Å². The van der Waals surface area contributed by atoms with Crippen molar-refractivity contribution in [1.29, 1.82) is 0 Å². The van der Waals surface area contributed by atoms with E-state index in [1.165, 1.54) is 6.92 Å². The molecule has 0 radical (unpaired) electrons. The molecular weight excluding hydrogens is 410 g/mol. The molecule has 0 fully saturated rings. The van der Waals surface area contributed by atoms with Crippen molar-refractivity contribution >= 4 is 29.7 Å². The maximum atomic E-state index is 12.5. The zero-order valence-electron chi connectivity index (χ0n) is 18.1. The third-order valence-electron chi connectivity index (χ3n) is 4.13. The molecule has 0 spiro atoms.